The van der Waals surface area contributed by atoms with Gasteiger partial charge in [-0.3, -0.25) is 4.79 Å². The minimum absolute atomic E-state index is 0.000214. The van der Waals surface area contributed by atoms with Crippen molar-refractivity contribution in [2.24, 2.45) is 0 Å². The van der Waals surface area contributed by atoms with Gasteiger partial charge in [-0.2, -0.15) is 0 Å². The molecule has 4 aromatic rings. The number of nitrogens with zero attached hydrogens (tertiary/aromatic N) is 2. The smallest absolute Gasteiger partial charge is 0.258 e. The molecule has 0 saturated heterocycles. The number of carbonyl (C=O) groups excluding carboxylic acids is 1. The number of aryl methyl sites for hydroxylation is 2. The highest BCUT2D eigenvalue weighted by Crippen LogP contribution is 2.22. The Hall–Kier alpha value is -4.26. The van der Waals surface area contributed by atoms with Crippen LogP contribution >= 0.6 is 0 Å². The first-order chi connectivity index (χ1) is 15.5. The van der Waals surface area contributed by atoms with Gasteiger partial charge in [-0.15, -0.1) is 0 Å². The number of hydrogen-bond acceptors (Lipinski definition) is 5. The number of halogens is 1. The van der Waals surface area contributed by atoms with Crippen LogP contribution in [0.1, 0.15) is 21.7 Å². The Bertz CT molecular complexity index is 1240. The molecule has 1 aromatic heterocycles. The highest BCUT2D eigenvalue weighted by Gasteiger charge is 2.11. The predicted molar refractivity (Wildman–Crippen MR) is 125 cm³/mol. The van der Waals surface area contributed by atoms with Crippen molar-refractivity contribution in [2.75, 3.05) is 16.0 Å². The maximum Gasteiger partial charge on any atom is 0.258 e. The number of carbonyl (C=O) groups is 1. The van der Waals surface area contributed by atoms with E-state index in [1.54, 1.807) is 24.3 Å². The number of hydrogen-bond donors (Lipinski definition) is 3. The molecule has 0 aliphatic heterocycles. The summed E-state index contributed by atoms with van der Waals surface area (Å²) in [6.45, 7) is 3.87. The van der Waals surface area contributed by atoms with Gasteiger partial charge in [0, 0.05) is 23.1 Å². The number of anilines is 5. The van der Waals surface area contributed by atoms with Gasteiger partial charge in [0.1, 0.15) is 23.3 Å². The zero-order valence-electron chi connectivity index (χ0n) is 17.7. The third-order valence-corrected chi connectivity index (χ3v) is 4.70. The quantitative estimate of drug-likeness (QED) is 0.353. The predicted octanol–water partition coefficient (Wildman–Crippen LogP) is 5.97. The van der Waals surface area contributed by atoms with E-state index in [0.717, 1.165) is 11.4 Å². The van der Waals surface area contributed by atoms with Crippen LogP contribution in [0.4, 0.5) is 33.1 Å². The van der Waals surface area contributed by atoms with Crippen LogP contribution in [0.3, 0.4) is 0 Å². The molecule has 0 aliphatic rings. The van der Waals surface area contributed by atoms with Crippen LogP contribution in [0.15, 0.2) is 78.9 Å². The number of benzene rings is 3. The van der Waals surface area contributed by atoms with Crippen LogP contribution in [0.25, 0.3) is 0 Å². The van der Waals surface area contributed by atoms with Gasteiger partial charge in [0.15, 0.2) is 0 Å². The summed E-state index contributed by atoms with van der Waals surface area (Å²) in [5.74, 6) is 0.880. The summed E-state index contributed by atoms with van der Waals surface area (Å²) in [6.07, 6.45) is 0. The second-order valence-electron chi connectivity index (χ2n) is 7.31. The van der Waals surface area contributed by atoms with Gasteiger partial charge in [0.25, 0.3) is 5.91 Å². The average molecular weight is 427 g/mol. The van der Waals surface area contributed by atoms with Crippen molar-refractivity contribution in [1.82, 2.24) is 9.97 Å². The van der Waals surface area contributed by atoms with Gasteiger partial charge in [0.05, 0.1) is 5.56 Å². The maximum atomic E-state index is 13.8. The van der Waals surface area contributed by atoms with E-state index in [2.05, 4.69) is 25.9 Å². The zero-order valence-corrected chi connectivity index (χ0v) is 17.7. The van der Waals surface area contributed by atoms with Crippen LogP contribution in [-0.2, 0) is 0 Å². The maximum absolute atomic E-state index is 13.8. The molecule has 7 heteroatoms. The van der Waals surface area contributed by atoms with Crippen molar-refractivity contribution >= 4 is 34.6 Å². The topological polar surface area (TPSA) is 78.9 Å². The fourth-order valence-corrected chi connectivity index (χ4v) is 3.11. The first kappa shape index (κ1) is 21.0. The van der Waals surface area contributed by atoms with Crippen LogP contribution in [0.2, 0.25) is 0 Å². The molecule has 1 heterocycles. The molecule has 0 fully saturated rings. The van der Waals surface area contributed by atoms with Crippen LogP contribution in [-0.4, -0.2) is 15.9 Å². The Morgan fingerprint density at radius 3 is 1.88 bits per heavy atom. The Morgan fingerprint density at radius 1 is 0.750 bits per heavy atom. The van der Waals surface area contributed by atoms with Crippen molar-refractivity contribution in [3.8, 4) is 0 Å². The molecule has 0 aliphatic carbocycles. The highest BCUT2D eigenvalue weighted by atomic mass is 19.1. The van der Waals surface area contributed by atoms with Gasteiger partial charge in [-0.25, -0.2) is 14.4 Å². The van der Waals surface area contributed by atoms with E-state index in [9.17, 15) is 9.18 Å². The van der Waals surface area contributed by atoms with Crippen molar-refractivity contribution in [1.29, 1.82) is 0 Å². The Balaban J connectivity index is 1.44. The molecule has 0 spiro atoms. The standard InChI is InChI=1S/C25H22FN5O/c1-16-7-9-18(10-8-16)29-23-15-24(28-17(2)27-23)30-19-11-13-20(14-12-19)31-25(32)21-5-3-4-6-22(21)26/h3-15H,1-2H3,(H,31,32)(H2,27,28,29,30). The van der Waals surface area contributed by atoms with Gasteiger partial charge >= 0.3 is 0 Å². The molecular formula is C25H22FN5O. The van der Waals surface area contributed by atoms with E-state index in [1.807, 2.05) is 56.3 Å². The highest BCUT2D eigenvalue weighted by molar-refractivity contribution is 6.04. The fourth-order valence-electron chi connectivity index (χ4n) is 3.11. The van der Waals surface area contributed by atoms with E-state index in [1.165, 1.54) is 17.7 Å². The van der Waals surface area contributed by atoms with Crippen molar-refractivity contribution < 1.29 is 9.18 Å². The molecule has 4 rings (SSSR count). The summed E-state index contributed by atoms with van der Waals surface area (Å²) in [7, 11) is 0. The molecule has 0 atom stereocenters. The van der Waals surface area contributed by atoms with Crippen LogP contribution < -0.4 is 16.0 Å². The summed E-state index contributed by atoms with van der Waals surface area (Å²) >= 11 is 0. The zero-order chi connectivity index (χ0) is 22.5. The number of nitrogens with one attached hydrogen (secondary N) is 3. The van der Waals surface area contributed by atoms with Crippen molar-refractivity contribution in [2.45, 2.75) is 13.8 Å². The van der Waals surface area contributed by atoms with Gasteiger partial charge < -0.3 is 16.0 Å². The van der Waals surface area contributed by atoms with Crippen molar-refractivity contribution in [3.63, 3.8) is 0 Å². The average Bonchev–Trinajstić information content (AvgIpc) is 2.76. The van der Waals surface area contributed by atoms with Gasteiger partial charge in [-0.1, -0.05) is 29.8 Å². The second-order valence-corrected chi connectivity index (χ2v) is 7.31. The lowest BCUT2D eigenvalue weighted by Gasteiger charge is -2.11. The molecule has 0 bridgehead atoms. The third-order valence-electron chi connectivity index (χ3n) is 4.70. The van der Waals surface area contributed by atoms with E-state index < -0.39 is 11.7 Å². The normalized spacial score (nSPS) is 10.5. The molecule has 32 heavy (non-hydrogen) atoms. The van der Waals surface area contributed by atoms with E-state index in [-0.39, 0.29) is 5.56 Å². The summed E-state index contributed by atoms with van der Waals surface area (Å²) < 4.78 is 13.8. The summed E-state index contributed by atoms with van der Waals surface area (Å²) in [6, 6.07) is 22.8. The van der Waals surface area contributed by atoms with Crippen molar-refractivity contribution in [3.05, 3.63) is 102 Å². The first-order valence-electron chi connectivity index (χ1n) is 10.1. The van der Waals surface area contributed by atoms with E-state index in [4.69, 9.17) is 0 Å². The lowest BCUT2D eigenvalue weighted by atomic mass is 10.2. The number of amides is 1. The van der Waals surface area contributed by atoms with Gasteiger partial charge in [-0.05, 0) is 62.4 Å². The molecular weight excluding hydrogens is 405 g/mol. The fraction of sp³-hybridized carbons (Fsp3) is 0.0800. The lowest BCUT2D eigenvalue weighted by molar-refractivity contribution is 0.102. The molecule has 6 nitrogen and oxygen atoms in total. The van der Waals surface area contributed by atoms with Crippen LogP contribution in [0.5, 0.6) is 0 Å². The summed E-state index contributed by atoms with van der Waals surface area (Å²) in [4.78, 5) is 21.1. The van der Waals surface area contributed by atoms with E-state index in [0.29, 0.717) is 23.1 Å². The minimum Gasteiger partial charge on any atom is -0.340 e. The molecule has 160 valence electrons. The monoisotopic (exact) mass is 427 g/mol. The van der Waals surface area contributed by atoms with E-state index >= 15 is 0 Å². The van der Waals surface area contributed by atoms with Crippen LogP contribution in [0, 0.1) is 19.7 Å². The van der Waals surface area contributed by atoms with Gasteiger partial charge in [0.2, 0.25) is 0 Å². The molecule has 0 saturated carbocycles. The number of rotatable bonds is 6. The first-order valence-corrected chi connectivity index (χ1v) is 10.1. The summed E-state index contributed by atoms with van der Waals surface area (Å²) in [5.41, 5.74) is 3.47. The SMILES string of the molecule is Cc1ccc(Nc2cc(Nc3ccc(NC(=O)c4ccccc4F)cc3)nc(C)n2)cc1. The molecule has 3 N–H and O–H groups in total. The minimum atomic E-state index is -0.558. The lowest BCUT2D eigenvalue weighted by Crippen LogP contribution is -2.13. The molecule has 0 radical (unpaired) electrons. The molecule has 3 aromatic carbocycles. The largest absolute Gasteiger partial charge is 0.340 e. The molecule has 1 amide bonds. The Morgan fingerprint density at radius 2 is 1.28 bits per heavy atom. The third kappa shape index (κ3) is 5.26. The second kappa shape index (κ2) is 9.26. The Labute approximate surface area is 185 Å². The summed E-state index contributed by atoms with van der Waals surface area (Å²) in [5, 5.41) is 9.21. The Kier molecular flexibility index (Phi) is 6.07. The number of aromatic nitrogens is 2. The molecule has 0 unspecified atom stereocenters.